The summed E-state index contributed by atoms with van der Waals surface area (Å²) in [5.41, 5.74) is 1.56. The van der Waals surface area contributed by atoms with Crippen LogP contribution in [0, 0.1) is 6.92 Å². The van der Waals surface area contributed by atoms with Crippen LogP contribution in [0.25, 0.3) is 0 Å². The van der Waals surface area contributed by atoms with Crippen LogP contribution in [0.5, 0.6) is 5.75 Å². The second-order valence-electron chi connectivity index (χ2n) is 7.02. The molecule has 2 N–H and O–H groups in total. The molecule has 6 heteroatoms. The van der Waals surface area contributed by atoms with E-state index < -0.39 is 0 Å². The number of hydrogen-bond acceptors (Lipinski definition) is 5. The maximum Gasteiger partial charge on any atom is 0.270 e. The van der Waals surface area contributed by atoms with E-state index in [-0.39, 0.29) is 5.91 Å². The van der Waals surface area contributed by atoms with Crippen LogP contribution in [0.2, 0.25) is 0 Å². The van der Waals surface area contributed by atoms with Crippen molar-refractivity contribution in [2.75, 3.05) is 19.0 Å². The number of aromatic nitrogens is 2. The number of carbonyl (C=O) groups is 1. The van der Waals surface area contributed by atoms with E-state index in [1.54, 1.807) is 13.2 Å². The van der Waals surface area contributed by atoms with Crippen molar-refractivity contribution in [3.63, 3.8) is 0 Å². The first-order valence-electron chi connectivity index (χ1n) is 9.67. The second kappa shape index (κ2) is 9.35. The molecule has 0 bridgehead atoms. The summed E-state index contributed by atoms with van der Waals surface area (Å²) in [7, 11) is 1.65. The third-order valence-corrected chi connectivity index (χ3v) is 4.89. The molecule has 1 amide bonds. The summed E-state index contributed by atoms with van der Waals surface area (Å²) in [6.45, 7) is 2.37. The Morgan fingerprint density at radius 2 is 1.89 bits per heavy atom. The van der Waals surface area contributed by atoms with Gasteiger partial charge in [0.2, 0.25) is 0 Å². The number of benzene rings is 1. The van der Waals surface area contributed by atoms with Crippen LogP contribution in [0.4, 0.5) is 5.82 Å². The average Bonchev–Trinajstić information content (AvgIpc) is 2.69. The molecule has 1 heterocycles. The first-order valence-corrected chi connectivity index (χ1v) is 9.67. The zero-order valence-corrected chi connectivity index (χ0v) is 16.1. The molecule has 6 nitrogen and oxygen atoms in total. The lowest BCUT2D eigenvalue weighted by molar-refractivity contribution is 0.0948. The van der Waals surface area contributed by atoms with Gasteiger partial charge in [-0.2, -0.15) is 0 Å². The van der Waals surface area contributed by atoms with Gasteiger partial charge >= 0.3 is 0 Å². The number of ether oxygens (including phenoxy) is 1. The summed E-state index contributed by atoms with van der Waals surface area (Å²) < 4.78 is 5.16. The number of carbonyl (C=O) groups excluding carboxylic acids is 1. The maximum atomic E-state index is 12.5. The normalized spacial score (nSPS) is 14.6. The lowest BCUT2D eigenvalue weighted by Crippen LogP contribution is -2.28. The number of aryl methyl sites for hydroxylation is 1. The molecule has 0 saturated heterocycles. The summed E-state index contributed by atoms with van der Waals surface area (Å²) in [6, 6.07) is 10.1. The Labute approximate surface area is 160 Å². The lowest BCUT2D eigenvalue weighted by atomic mass is 9.95. The van der Waals surface area contributed by atoms with Crippen LogP contribution in [-0.4, -0.2) is 35.6 Å². The Balaban J connectivity index is 1.55. The average molecular weight is 368 g/mol. The molecule has 0 aliphatic heterocycles. The highest BCUT2D eigenvalue weighted by atomic mass is 16.5. The van der Waals surface area contributed by atoms with Gasteiger partial charge in [-0.05, 0) is 43.9 Å². The van der Waals surface area contributed by atoms with Gasteiger partial charge in [-0.1, -0.05) is 31.4 Å². The fourth-order valence-electron chi connectivity index (χ4n) is 3.42. The van der Waals surface area contributed by atoms with Crippen molar-refractivity contribution in [2.24, 2.45) is 0 Å². The number of hydrogen-bond donors (Lipinski definition) is 2. The zero-order valence-electron chi connectivity index (χ0n) is 16.1. The predicted octanol–water partition coefficient (Wildman–Crippen LogP) is 3.51. The van der Waals surface area contributed by atoms with E-state index in [1.807, 2.05) is 31.2 Å². The molecular formula is C21H28N4O2. The van der Waals surface area contributed by atoms with E-state index in [4.69, 9.17) is 4.74 Å². The molecule has 144 valence electrons. The van der Waals surface area contributed by atoms with Crippen LogP contribution >= 0.6 is 0 Å². The van der Waals surface area contributed by atoms with Gasteiger partial charge in [0.25, 0.3) is 5.91 Å². The minimum Gasteiger partial charge on any atom is -0.497 e. The van der Waals surface area contributed by atoms with Crippen molar-refractivity contribution in [1.29, 1.82) is 0 Å². The lowest BCUT2D eigenvalue weighted by Gasteiger charge is -2.23. The van der Waals surface area contributed by atoms with Crippen molar-refractivity contribution < 1.29 is 9.53 Å². The molecule has 1 aromatic heterocycles. The molecule has 0 radical (unpaired) electrons. The molecule has 2 aromatic rings. The second-order valence-corrected chi connectivity index (χ2v) is 7.02. The fourth-order valence-corrected chi connectivity index (χ4v) is 3.42. The highest BCUT2D eigenvalue weighted by Crippen LogP contribution is 2.21. The fraction of sp³-hybridized carbons (Fsp3) is 0.476. The third-order valence-electron chi connectivity index (χ3n) is 4.89. The Morgan fingerprint density at radius 1 is 1.15 bits per heavy atom. The Hall–Kier alpha value is -2.63. The van der Waals surface area contributed by atoms with Crippen LogP contribution in [-0.2, 0) is 6.42 Å². The molecular weight excluding hydrogens is 340 g/mol. The van der Waals surface area contributed by atoms with Crippen LogP contribution < -0.4 is 15.4 Å². The number of nitrogens with one attached hydrogen (secondary N) is 2. The minimum atomic E-state index is -0.166. The molecule has 27 heavy (non-hydrogen) atoms. The summed E-state index contributed by atoms with van der Waals surface area (Å²) in [5, 5.41) is 6.41. The molecule has 1 aliphatic carbocycles. The van der Waals surface area contributed by atoms with Crippen molar-refractivity contribution in [1.82, 2.24) is 15.3 Å². The van der Waals surface area contributed by atoms with E-state index in [9.17, 15) is 4.79 Å². The highest BCUT2D eigenvalue weighted by molar-refractivity contribution is 5.92. The largest absolute Gasteiger partial charge is 0.497 e. The minimum absolute atomic E-state index is 0.166. The van der Waals surface area contributed by atoms with Crippen LogP contribution in [0.15, 0.2) is 30.3 Å². The van der Waals surface area contributed by atoms with Gasteiger partial charge in [0, 0.05) is 18.7 Å². The van der Waals surface area contributed by atoms with E-state index in [1.165, 1.54) is 19.3 Å². The molecule has 1 fully saturated rings. The molecule has 0 unspecified atom stereocenters. The zero-order chi connectivity index (χ0) is 19.1. The Bertz CT molecular complexity index is 755. The summed E-state index contributed by atoms with van der Waals surface area (Å²) in [6.07, 6.45) is 6.88. The van der Waals surface area contributed by atoms with E-state index in [2.05, 4.69) is 20.6 Å². The van der Waals surface area contributed by atoms with E-state index in [0.29, 0.717) is 24.1 Å². The SMILES string of the molecule is COc1ccc(CCNC(=O)c2cc(NC3CCCCC3)nc(C)n2)cc1. The molecule has 1 aliphatic rings. The Kier molecular flexibility index (Phi) is 6.63. The molecule has 1 saturated carbocycles. The topological polar surface area (TPSA) is 76.1 Å². The summed E-state index contributed by atoms with van der Waals surface area (Å²) >= 11 is 0. The van der Waals surface area contributed by atoms with Gasteiger partial charge in [0.1, 0.15) is 23.1 Å². The van der Waals surface area contributed by atoms with E-state index in [0.717, 1.165) is 36.4 Å². The summed E-state index contributed by atoms with van der Waals surface area (Å²) in [5.74, 6) is 2.02. The monoisotopic (exact) mass is 368 g/mol. The van der Waals surface area contributed by atoms with Gasteiger partial charge in [-0.25, -0.2) is 9.97 Å². The van der Waals surface area contributed by atoms with E-state index >= 15 is 0 Å². The molecule has 0 spiro atoms. The van der Waals surface area contributed by atoms with Crippen molar-refractivity contribution in [3.05, 3.63) is 47.4 Å². The van der Waals surface area contributed by atoms with Gasteiger partial charge in [0.05, 0.1) is 7.11 Å². The number of amides is 1. The number of anilines is 1. The molecule has 0 atom stereocenters. The van der Waals surface area contributed by atoms with Crippen molar-refractivity contribution in [2.45, 2.75) is 51.5 Å². The van der Waals surface area contributed by atoms with Gasteiger partial charge in [-0.15, -0.1) is 0 Å². The quantitative estimate of drug-likeness (QED) is 0.782. The van der Waals surface area contributed by atoms with Gasteiger partial charge < -0.3 is 15.4 Å². The smallest absolute Gasteiger partial charge is 0.270 e. The number of nitrogens with zero attached hydrogens (tertiary/aromatic N) is 2. The van der Waals surface area contributed by atoms with Crippen LogP contribution in [0.1, 0.15) is 54.0 Å². The number of rotatable bonds is 7. The molecule has 3 rings (SSSR count). The van der Waals surface area contributed by atoms with Gasteiger partial charge in [0.15, 0.2) is 0 Å². The first-order chi connectivity index (χ1) is 13.1. The predicted molar refractivity (Wildman–Crippen MR) is 106 cm³/mol. The molecule has 1 aromatic carbocycles. The van der Waals surface area contributed by atoms with Gasteiger partial charge in [-0.3, -0.25) is 4.79 Å². The van der Waals surface area contributed by atoms with Crippen molar-refractivity contribution >= 4 is 11.7 Å². The highest BCUT2D eigenvalue weighted by Gasteiger charge is 2.16. The maximum absolute atomic E-state index is 12.5. The third kappa shape index (κ3) is 5.67. The Morgan fingerprint density at radius 3 is 2.59 bits per heavy atom. The first kappa shape index (κ1) is 19.1. The summed E-state index contributed by atoms with van der Waals surface area (Å²) in [4.78, 5) is 21.2. The number of methoxy groups -OCH3 is 1. The standard InChI is InChI=1S/C21H28N4O2/c1-15-23-19(14-20(24-15)25-17-6-4-3-5-7-17)21(26)22-13-12-16-8-10-18(27-2)11-9-16/h8-11,14,17H,3-7,12-13H2,1-2H3,(H,22,26)(H,23,24,25). The van der Waals surface area contributed by atoms with Crippen molar-refractivity contribution in [3.8, 4) is 5.75 Å². The van der Waals surface area contributed by atoms with Crippen LogP contribution in [0.3, 0.4) is 0 Å².